The molecule has 0 bridgehead atoms. The maximum absolute atomic E-state index is 6.08. The average molecular weight is 357 g/mol. The van der Waals surface area contributed by atoms with Crippen molar-refractivity contribution in [3.8, 4) is 0 Å². The minimum atomic E-state index is 0.281. The Morgan fingerprint density at radius 1 is 1.27 bits per heavy atom. The summed E-state index contributed by atoms with van der Waals surface area (Å²) in [6.45, 7) is 4.67. The summed E-state index contributed by atoms with van der Waals surface area (Å²) in [6, 6.07) is 5.88. The van der Waals surface area contributed by atoms with Crippen LogP contribution in [0.5, 0.6) is 0 Å². The molecule has 2 aromatic rings. The van der Waals surface area contributed by atoms with Gasteiger partial charge in [0.25, 0.3) is 0 Å². The molecule has 0 saturated heterocycles. The van der Waals surface area contributed by atoms with Crippen molar-refractivity contribution in [3.05, 3.63) is 39.5 Å². The first-order valence-corrected chi connectivity index (χ1v) is 8.70. The fourth-order valence-corrected chi connectivity index (χ4v) is 2.85. The fourth-order valence-electron chi connectivity index (χ4n) is 1.82. The highest BCUT2D eigenvalue weighted by molar-refractivity contribution is 7.99. The van der Waals surface area contributed by atoms with Crippen LogP contribution in [0.3, 0.4) is 0 Å². The molecular formula is C15H18Cl2N4S. The highest BCUT2D eigenvalue weighted by Crippen LogP contribution is 2.28. The zero-order valence-electron chi connectivity index (χ0n) is 12.5. The molecule has 118 valence electrons. The van der Waals surface area contributed by atoms with Crippen LogP contribution in [0.25, 0.3) is 0 Å². The van der Waals surface area contributed by atoms with E-state index >= 15 is 0 Å². The van der Waals surface area contributed by atoms with E-state index < -0.39 is 0 Å². The van der Waals surface area contributed by atoms with Crippen LogP contribution in [0.15, 0.2) is 23.4 Å². The number of anilines is 2. The van der Waals surface area contributed by atoms with Gasteiger partial charge in [-0.05, 0) is 30.5 Å². The number of benzene rings is 1. The van der Waals surface area contributed by atoms with Gasteiger partial charge in [-0.2, -0.15) is 0 Å². The molecule has 7 heteroatoms. The van der Waals surface area contributed by atoms with Crippen molar-refractivity contribution in [2.45, 2.75) is 32.0 Å². The molecule has 0 aliphatic heterocycles. The topological polar surface area (TPSA) is 63.8 Å². The zero-order chi connectivity index (χ0) is 16.1. The van der Waals surface area contributed by atoms with Crippen LogP contribution in [-0.2, 0) is 6.54 Å². The largest absolute Gasteiger partial charge is 0.393 e. The Morgan fingerprint density at radius 2 is 2.05 bits per heavy atom. The van der Waals surface area contributed by atoms with E-state index in [1.54, 1.807) is 11.8 Å². The van der Waals surface area contributed by atoms with Gasteiger partial charge in [-0.15, -0.1) is 0 Å². The van der Waals surface area contributed by atoms with Gasteiger partial charge in [0.2, 0.25) is 0 Å². The standard InChI is InChI=1S/C15H18Cl2N4S/c1-3-6-22-15-20-13(17)12(18)14(21-15)19-8-10-4-5-11(16)9(2)7-10/h4-5,7H,3,6,8,18H2,1-2H3,(H,19,20,21). The Hall–Kier alpha value is -1.17. The van der Waals surface area contributed by atoms with Crippen molar-refractivity contribution in [3.63, 3.8) is 0 Å². The fraction of sp³-hybridized carbons (Fsp3) is 0.333. The monoisotopic (exact) mass is 356 g/mol. The van der Waals surface area contributed by atoms with E-state index in [1.165, 1.54) is 0 Å². The SMILES string of the molecule is CCCSc1nc(Cl)c(N)c(NCc2ccc(Cl)c(C)c2)n1. The highest BCUT2D eigenvalue weighted by Gasteiger charge is 2.10. The summed E-state index contributed by atoms with van der Waals surface area (Å²) in [7, 11) is 0. The molecule has 0 aliphatic carbocycles. The summed E-state index contributed by atoms with van der Waals surface area (Å²) in [4.78, 5) is 8.62. The lowest BCUT2D eigenvalue weighted by Crippen LogP contribution is -2.07. The molecule has 0 fully saturated rings. The number of thioether (sulfide) groups is 1. The quantitative estimate of drug-likeness (QED) is 0.442. The third-order valence-corrected chi connectivity index (χ3v) is 4.76. The zero-order valence-corrected chi connectivity index (χ0v) is 14.8. The van der Waals surface area contributed by atoms with Crippen LogP contribution in [-0.4, -0.2) is 15.7 Å². The van der Waals surface area contributed by atoms with Crippen LogP contribution < -0.4 is 11.1 Å². The molecule has 0 amide bonds. The summed E-state index contributed by atoms with van der Waals surface area (Å²) in [5.41, 5.74) is 8.45. The number of nitrogens with one attached hydrogen (secondary N) is 1. The summed E-state index contributed by atoms with van der Waals surface area (Å²) in [5, 5.41) is 4.89. The first kappa shape index (κ1) is 17.2. The van der Waals surface area contributed by atoms with Crippen molar-refractivity contribution in [1.82, 2.24) is 9.97 Å². The van der Waals surface area contributed by atoms with E-state index in [2.05, 4.69) is 22.2 Å². The Kier molecular flexibility index (Phi) is 6.17. The first-order chi connectivity index (χ1) is 10.5. The molecule has 0 aliphatic rings. The molecule has 1 aromatic heterocycles. The van der Waals surface area contributed by atoms with Crippen molar-refractivity contribution in [1.29, 1.82) is 0 Å². The number of halogens is 2. The number of nitrogen functional groups attached to an aromatic ring is 1. The summed E-state index contributed by atoms with van der Waals surface area (Å²) in [6.07, 6.45) is 1.04. The number of hydrogen-bond acceptors (Lipinski definition) is 5. The molecule has 2 rings (SSSR count). The van der Waals surface area contributed by atoms with Gasteiger partial charge >= 0.3 is 0 Å². The number of nitrogens with two attached hydrogens (primary N) is 1. The summed E-state index contributed by atoms with van der Waals surface area (Å²) >= 11 is 13.7. The minimum Gasteiger partial charge on any atom is -0.393 e. The Bertz CT molecular complexity index is 664. The molecule has 0 atom stereocenters. The minimum absolute atomic E-state index is 0.281. The Balaban J connectivity index is 2.14. The molecule has 0 unspecified atom stereocenters. The lowest BCUT2D eigenvalue weighted by molar-refractivity contribution is 0.953. The predicted molar refractivity (Wildman–Crippen MR) is 96.0 cm³/mol. The third kappa shape index (κ3) is 4.41. The molecule has 3 N–H and O–H groups in total. The summed E-state index contributed by atoms with van der Waals surface area (Å²) < 4.78 is 0. The maximum atomic E-state index is 6.08. The van der Waals surface area contributed by atoms with E-state index in [1.807, 2.05) is 25.1 Å². The van der Waals surface area contributed by atoms with Gasteiger partial charge in [-0.25, -0.2) is 9.97 Å². The van der Waals surface area contributed by atoms with Crippen LogP contribution >= 0.6 is 35.0 Å². The molecule has 0 radical (unpaired) electrons. The van der Waals surface area contributed by atoms with Gasteiger partial charge in [0.05, 0.1) is 0 Å². The van der Waals surface area contributed by atoms with Crippen LogP contribution in [0, 0.1) is 6.92 Å². The van der Waals surface area contributed by atoms with E-state index in [0.717, 1.165) is 28.3 Å². The molecular weight excluding hydrogens is 339 g/mol. The van der Waals surface area contributed by atoms with Gasteiger partial charge in [0, 0.05) is 17.3 Å². The second-order valence-electron chi connectivity index (χ2n) is 4.84. The predicted octanol–water partition coefficient (Wildman–Crippen LogP) is 4.79. The smallest absolute Gasteiger partial charge is 0.191 e. The third-order valence-electron chi connectivity index (χ3n) is 3.00. The van der Waals surface area contributed by atoms with Gasteiger partial charge in [0.15, 0.2) is 16.1 Å². The van der Waals surface area contributed by atoms with Crippen LogP contribution in [0.1, 0.15) is 24.5 Å². The second kappa shape index (κ2) is 7.90. The number of hydrogen-bond donors (Lipinski definition) is 2. The molecule has 1 heterocycles. The van der Waals surface area contributed by atoms with E-state index in [0.29, 0.717) is 23.2 Å². The molecule has 0 saturated carbocycles. The van der Waals surface area contributed by atoms with Gasteiger partial charge in [-0.1, -0.05) is 54.0 Å². The maximum Gasteiger partial charge on any atom is 0.191 e. The number of aromatic nitrogens is 2. The first-order valence-electron chi connectivity index (χ1n) is 6.96. The van der Waals surface area contributed by atoms with Crippen LogP contribution in [0.4, 0.5) is 11.5 Å². The Labute approximate surface area is 144 Å². The van der Waals surface area contributed by atoms with E-state index in [-0.39, 0.29) is 5.15 Å². The van der Waals surface area contributed by atoms with Gasteiger partial charge in [-0.3, -0.25) is 0 Å². The molecule has 22 heavy (non-hydrogen) atoms. The van der Waals surface area contributed by atoms with E-state index in [4.69, 9.17) is 28.9 Å². The molecule has 1 aromatic carbocycles. The number of rotatable bonds is 6. The normalized spacial score (nSPS) is 10.7. The number of nitrogens with zero attached hydrogens (tertiary/aromatic N) is 2. The van der Waals surface area contributed by atoms with Crippen molar-refractivity contribution in [2.24, 2.45) is 0 Å². The van der Waals surface area contributed by atoms with Crippen LogP contribution in [0.2, 0.25) is 10.2 Å². The summed E-state index contributed by atoms with van der Waals surface area (Å²) in [5.74, 6) is 1.50. The number of aryl methyl sites for hydroxylation is 1. The molecule has 0 spiro atoms. The molecule has 4 nitrogen and oxygen atoms in total. The van der Waals surface area contributed by atoms with Crippen molar-refractivity contribution in [2.75, 3.05) is 16.8 Å². The lowest BCUT2D eigenvalue weighted by Gasteiger charge is -2.11. The van der Waals surface area contributed by atoms with Crippen molar-refractivity contribution < 1.29 is 0 Å². The Morgan fingerprint density at radius 3 is 2.73 bits per heavy atom. The highest BCUT2D eigenvalue weighted by atomic mass is 35.5. The lowest BCUT2D eigenvalue weighted by atomic mass is 10.1. The van der Waals surface area contributed by atoms with Gasteiger partial charge < -0.3 is 11.1 Å². The average Bonchev–Trinajstić information content (AvgIpc) is 2.50. The second-order valence-corrected chi connectivity index (χ2v) is 6.67. The van der Waals surface area contributed by atoms with E-state index in [9.17, 15) is 0 Å². The van der Waals surface area contributed by atoms with Crippen molar-refractivity contribution >= 4 is 46.5 Å². The van der Waals surface area contributed by atoms with Gasteiger partial charge in [0.1, 0.15) is 5.69 Å².